The van der Waals surface area contributed by atoms with E-state index in [0.29, 0.717) is 42.9 Å². The number of halogens is 3. The molecule has 4 rings (SSSR count). The summed E-state index contributed by atoms with van der Waals surface area (Å²) in [6.45, 7) is 2.59. The van der Waals surface area contributed by atoms with Crippen molar-refractivity contribution in [2.75, 3.05) is 22.7 Å². The number of aliphatic carboxylic acids is 1. The Kier molecular flexibility index (Phi) is 6.90. The molecule has 0 unspecified atom stereocenters. The van der Waals surface area contributed by atoms with Gasteiger partial charge in [-0.1, -0.05) is 23.2 Å². The monoisotopic (exact) mass is 538 g/mol. The average molecular weight is 539 g/mol. The van der Waals surface area contributed by atoms with Crippen molar-refractivity contribution in [3.8, 4) is 11.1 Å². The van der Waals surface area contributed by atoms with Crippen LogP contribution in [0.15, 0.2) is 53.7 Å². The van der Waals surface area contributed by atoms with E-state index in [9.17, 15) is 22.7 Å². The SMILES string of the molecule is CC1(C(=O)O)CCN(c2cc(S(=O)(=O)Nc3cc(-c4cc(Cl)c(F)cc4Cl)ccn3)ccn2)CC1. The van der Waals surface area contributed by atoms with Crippen molar-refractivity contribution in [1.82, 2.24) is 9.97 Å². The van der Waals surface area contributed by atoms with Crippen molar-refractivity contribution >= 4 is 50.8 Å². The van der Waals surface area contributed by atoms with Gasteiger partial charge >= 0.3 is 5.97 Å². The summed E-state index contributed by atoms with van der Waals surface area (Å²) in [4.78, 5) is 21.7. The Morgan fingerprint density at radius 2 is 1.77 bits per heavy atom. The molecule has 0 amide bonds. The Bertz CT molecular complexity index is 1400. The van der Waals surface area contributed by atoms with Crippen LogP contribution in [-0.2, 0) is 14.8 Å². The lowest BCUT2D eigenvalue weighted by atomic mass is 9.80. The van der Waals surface area contributed by atoms with E-state index in [0.717, 1.165) is 6.07 Å². The van der Waals surface area contributed by atoms with Gasteiger partial charge in [0.1, 0.15) is 17.5 Å². The van der Waals surface area contributed by atoms with Crippen molar-refractivity contribution in [2.24, 2.45) is 5.41 Å². The zero-order chi connectivity index (χ0) is 25.4. The molecule has 1 aliphatic rings. The van der Waals surface area contributed by atoms with Gasteiger partial charge in [0.05, 0.1) is 20.4 Å². The molecule has 0 bridgehead atoms. The fourth-order valence-corrected chi connectivity index (χ4v) is 5.21. The van der Waals surface area contributed by atoms with Gasteiger partial charge in [-0.25, -0.2) is 22.8 Å². The van der Waals surface area contributed by atoms with Crippen LogP contribution in [0.1, 0.15) is 19.8 Å². The summed E-state index contributed by atoms with van der Waals surface area (Å²) in [5.41, 5.74) is 0.108. The number of piperidine rings is 1. The number of benzene rings is 1. The number of nitrogens with one attached hydrogen (secondary N) is 1. The molecule has 0 atom stereocenters. The molecule has 0 saturated carbocycles. The highest BCUT2D eigenvalue weighted by atomic mass is 35.5. The molecular formula is C23H21Cl2FN4O4S. The fourth-order valence-electron chi connectivity index (χ4n) is 3.78. The summed E-state index contributed by atoms with van der Waals surface area (Å²) in [6.07, 6.45) is 3.63. The van der Waals surface area contributed by atoms with Crippen LogP contribution >= 0.6 is 23.2 Å². The summed E-state index contributed by atoms with van der Waals surface area (Å²) in [5, 5.41) is 9.42. The smallest absolute Gasteiger partial charge is 0.309 e. The summed E-state index contributed by atoms with van der Waals surface area (Å²) >= 11 is 12.0. The van der Waals surface area contributed by atoms with E-state index in [4.69, 9.17) is 23.2 Å². The molecule has 184 valence electrons. The van der Waals surface area contributed by atoms with E-state index in [1.54, 1.807) is 13.0 Å². The second kappa shape index (κ2) is 9.60. The second-order valence-corrected chi connectivity index (χ2v) is 11.0. The Morgan fingerprint density at radius 3 is 2.46 bits per heavy atom. The van der Waals surface area contributed by atoms with E-state index in [-0.39, 0.29) is 20.8 Å². The predicted molar refractivity (Wildman–Crippen MR) is 132 cm³/mol. The molecule has 3 aromatic rings. The fraction of sp³-hybridized carbons (Fsp3) is 0.261. The number of rotatable bonds is 6. The number of hydrogen-bond acceptors (Lipinski definition) is 6. The summed E-state index contributed by atoms with van der Waals surface area (Å²) in [5.74, 6) is -1.03. The first-order chi connectivity index (χ1) is 16.5. The third kappa shape index (κ3) is 5.34. The van der Waals surface area contributed by atoms with Crippen LogP contribution in [0, 0.1) is 11.2 Å². The minimum absolute atomic E-state index is 0.0240. The molecular weight excluding hydrogens is 518 g/mol. The van der Waals surface area contributed by atoms with Gasteiger partial charge < -0.3 is 10.0 Å². The third-order valence-corrected chi connectivity index (χ3v) is 8.01. The standard InChI is InChI=1S/C23H21Cl2FN4O4S/c1-23(22(31)32)4-8-30(9-5-23)21-11-15(3-7-28-21)35(33,34)29-20-10-14(2-6-27-20)16-12-18(25)19(26)13-17(16)24/h2-3,6-7,10-13H,4-5,8-9H2,1H3,(H,27,29)(H,31,32). The Hall–Kier alpha value is -2.95. The Morgan fingerprint density at radius 1 is 1.09 bits per heavy atom. The van der Waals surface area contributed by atoms with E-state index in [1.165, 1.54) is 36.7 Å². The normalized spacial score (nSPS) is 15.6. The van der Waals surface area contributed by atoms with Gasteiger partial charge in [0, 0.05) is 37.1 Å². The highest BCUT2D eigenvalue weighted by Gasteiger charge is 2.37. The molecule has 8 nitrogen and oxygen atoms in total. The zero-order valence-corrected chi connectivity index (χ0v) is 20.8. The Balaban J connectivity index is 1.55. The van der Waals surface area contributed by atoms with Gasteiger partial charge in [-0.15, -0.1) is 0 Å². The lowest BCUT2D eigenvalue weighted by molar-refractivity contribution is -0.149. The van der Waals surface area contributed by atoms with Gasteiger partial charge in [0.2, 0.25) is 0 Å². The number of carboxylic acids is 1. The van der Waals surface area contributed by atoms with Crippen molar-refractivity contribution in [2.45, 2.75) is 24.7 Å². The lowest BCUT2D eigenvalue weighted by Crippen LogP contribution is -2.43. The molecule has 0 aliphatic carbocycles. The number of pyridine rings is 2. The maximum Gasteiger partial charge on any atom is 0.309 e. The first-order valence-electron chi connectivity index (χ1n) is 10.6. The molecule has 1 saturated heterocycles. The highest BCUT2D eigenvalue weighted by molar-refractivity contribution is 7.92. The minimum Gasteiger partial charge on any atom is -0.481 e. The van der Waals surface area contributed by atoms with Crippen LogP contribution in [0.3, 0.4) is 0 Å². The number of carboxylic acid groups (broad SMARTS) is 1. The zero-order valence-electron chi connectivity index (χ0n) is 18.5. The number of aromatic nitrogens is 2. The maximum absolute atomic E-state index is 13.7. The Labute approximate surface area is 211 Å². The molecule has 12 heteroatoms. The number of sulfonamides is 1. The highest BCUT2D eigenvalue weighted by Crippen LogP contribution is 2.34. The van der Waals surface area contributed by atoms with E-state index < -0.39 is 27.2 Å². The van der Waals surface area contributed by atoms with Crippen LogP contribution in [-0.4, -0.2) is 42.6 Å². The summed E-state index contributed by atoms with van der Waals surface area (Å²) in [6, 6.07) is 8.30. The third-order valence-electron chi connectivity index (χ3n) is 6.05. The molecule has 1 fully saturated rings. The average Bonchev–Trinajstić information content (AvgIpc) is 2.82. The van der Waals surface area contributed by atoms with Gasteiger partial charge in [-0.05, 0) is 55.7 Å². The molecule has 1 aromatic carbocycles. The van der Waals surface area contributed by atoms with Crippen molar-refractivity contribution < 1.29 is 22.7 Å². The van der Waals surface area contributed by atoms with Crippen LogP contribution in [0.5, 0.6) is 0 Å². The molecule has 0 radical (unpaired) electrons. The van der Waals surface area contributed by atoms with E-state index in [2.05, 4.69) is 14.7 Å². The second-order valence-electron chi connectivity index (χ2n) is 8.48. The van der Waals surface area contributed by atoms with E-state index >= 15 is 0 Å². The number of nitrogens with zero attached hydrogens (tertiary/aromatic N) is 3. The molecule has 3 heterocycles. The van der Waals surface area contributed by atoms with Crippen LogP contribution in [0.4, 0.5) is 16.0 Å². The molecule has 2 N–H and O–H groups in total. The minimum atomic E-state index is -4.03. The first-order valence-corrected chi connectivity index (χ1v) is 12.8. The molecule has 0 spiro atoms. The van der Waals surface area contributed by atoms with Gasteiger partial charge in [-0.3, -0.25) is 9.52 Å². The number of hydrogen-bond donors (Lipinski definition) is 2. The first kappa shape index (κ1) is 25.2. The van der Waals surface area contributed by atoms with E-state index in [1.807, 2.05) is 4.90 Å². The van der Waals surface area contributed by atoms with Crippen LogP contribution in [0.2, 0.25) is 10.0 Å². The quantitative estimate of drug-likeness (QED) is 0.420. The van der Waals surface area contributed by atoms with Gasteiger partial charge in [0.25, 0.3) is 10.0 Å². The molecule has 2 aromatic heterocycles. The van der Waals surface area contributed by atoms with Crippen molar-refractivity contribution in [1.29, 1.82) is 0 Å². The largest absolute Gasteiger partial charge is 0.481 e. The van der Waals surface area contributed by atoms with Crippen molar-refractivity contribution in [3.05, 3.63) is 64.7 Å². The molecule has 35 heavy (non-hydrogen) atoms. The summed E-state index contributed by atoms with van der Waals surface area (Å²) < 4.78 is 42.2. The maximum atomic E-state index is 13.7. The van der Waals surface area contributed by atoms with Crippen LogP contribution < -0.4 is 9.62 Å². The van der Waals surface area contributed by atoms with Gasteiger partial charge in [0.15, 0.2) is 0 Å². The lowest BCUT2D eigenvalue weighted by Gasteiger charge is -2.37. The number of carbonyl (C=O) groups is 1. The topological polar surface area (TPSA) is 112 Å². The van der Waals surface area contributed by atoms with Crippen LogP contribution in [0.25, 0.3) is 11.1 Å². The summed E-state index contributed by atoms with van der Waals surface area (Å²) in [7, 11) is -4.03. The number of anilines is 2. The van der Waals surface area contributed by atoms with Gasteiger partial charge in [-0.2, -0.15) is 0 Å². The molecule has 1 aliphatic heterocycles. The van der Waals surface area contributed by atoms with Crippen molar-refractivity contribution in [3.63, 3.8) is 0 Å². The predicted octanol–water partition coefficient (Wildman–Crippen LogP) is 5.08.